The topological polar surface area (TPSA) is 182 Å². The summed E-state index contributed by atoms with van der Waals surface area (Å²) in [6.07, 6.45) is 6.27. The Labute approximate surface area is 237 Å². The molecule has 0 radical (unpaired) electrons. The lowest BCUT2D eigenvalue weighted by atomic mass is 9.97. The van der Waals surface area contributed by atoms with Gasteiger partial charge in [-0.25, -0.2) is 9.36 Å². The molecule has 39 heavy (non-hydrogen) atoms. The molecule has 0 bridgehead atoms. The molecule has 1 aromatic carbocycles. The lowest BCUT2D eigenvalue weighted by molar-refractivity contribution is -0.0450. The minimum atomic E-state index is -4.70. The number of phosphoric ester groups is 1. The van der Waals surface area contributed by atoms with Crippen molar-refractivity contribution in [3.8, 4) is 5.75 Å². The van der Waals surface area contributed by atoms with Crippen LogP contribution in [0.3, 0.4) is 0 Å². The maximum atomic E-state index is 12.7. The third kappa shape index (κ3) is 7.22. The van der Waals surface area contributed by atoms with Gasteiger partial charge in [0.25, 0.3) is 5.56 Å². The number of phosphoric acid groups is 1. The zero-order valence-corrected chi connectivity index (χ0v) is 24.4. The number of nitrogens with two attached hydrogens (primary N) is 1. The van der Waals surface area contributed by atoms with Crippen LogP contribution in [0.1, 0.15) is 50.3 Å². The highest BCUT2D eigenvalue weighted by Gasteiger charge is 2.42. The summed E-state index contributed by atoms with van der Waals surface area (Å²) in [5.74, 6) is 0.000580. The summed E-state index contributed by atoms with van der Waals surface area (Å²) in [7, 11) is -4.70. The van der Waals surface area contributed by atoms with Crippen LogP contribution in [0.25, 0.3) is 10.9 Å². The first-order valence-corrected chi connectivity index (χ1v) is 15.2. The standard InChI is InChI=1S/C18H18BrClN3O8P.C6H13N/c1-8-6-23(18(26)22-17(8)25)14-4-11(13(7-24)29-14)30-32(27,28)31-12-5-21-10-3-2-9(19)16(20)15(10)12;7-6-4-2-1-3-5-6/h2-3,5-6,11,13-14,21,24H,4,7H2,1H3,(H,27,28)(H,22,25,26);6H,1-5,7H2. The Morgan fingerprint density at radius 1 is 1.28 bits per heavy atom. The molecular weight excluding hydrogens is 619 g/mol. The molecule has 3 heterocycles. The largest absolute Gasteiger partial charge is 0.527 e. The molecule has 5 rings (SSSR count). The van der Waals surface area contributed by atoms with Crippen molar-refractivity contribution in [2.24, 2.45) is 5.73 Å². The van der Waals surface area contributed by atoms with E-state index in [1.807, 2.05) is 0 Å². The average Bonchev–Trinajstić information content (AvgIpc) is 3.47. The highest BCUT2D eigenvalue weighted by molar-refractivity contribution is 9.10. The number of aromatic nitrogens is 3. The number of fused-ring (bicyclic) bond motifs is 1. The van der Waals surface area contributed by atoms with E-state index < -0.39 is 44.1 Å². The van der Waals surface area contributed by atoms with E-state index in [-0.39, 0.29) is 22.8 Å². The van der Waals surface area contributed by atoms with Crippen LogP contribution < -0.4 is 21.5 Å². The van der Waals surface area contributed by atoms with Gasteiger partial charge in [0.15, 0.2) is 5.75 Å². The first-order valence-electron chi connectivity index (χ1n) is 12.5. The van der Waals surface area contributed by atoms with E-state index in [2.05, 4.69) is 25.9 Å². The van der Waals surface area contributed by atoms with Crippen molar-refractivity contribution in [3.63, 3.8) is 0 Å². The maximum Gasteiger partial charge on any atom is 0.527 e. The molecule has 3 aromatic rings. The summed E-state index contributed by atoms with van der Waals surface area (Å²) in [5, 5.41) is 10.3. The van der Waals surface area contributed by atoms with Gasteiger partial charge in [-0.1, -0.05) is 30.9 Å². The lowest BCUT2D eigenvalue weighted by Gasteiger charge is -2.19. The molecule has 214 valence electrons. The molecule has 2 aromatic heterocycles. The smallest absolute Gasteiger partial charge is 0.402 e. The van der Waals surface area contributed by atoms with Gasteiger partial charge in [-0.3, -0.25) is 23.8 Å². The first-order chi connectivity index (χ1) is 18.5. The van der Waals surface area contributed by atoms with Gasteiger partial charge in [-0.05, 0) is 47.8 Å². The number of benzene rings is 1. The van der Waals surface area contributed by atoms with Gasteiger partial charge >= 0.3 is 13.5 Å². The predicted octanol–water partition coefficient (Wildman–Crippen LogP) is 3.86. The fourth-order valence-electron chi connectivity index (χ4n) is 4.60. The van der Waals surface area contributed by atoms with Gasteiger partial charge in [0.1, 0.15) is 18.4 Å². The molecule has 0 spiro atoms. The fraction of sp³-hybridized carbons (Fsp3) is 0.500. The number of aliphatic hydroxyl groups excluding tert-OH is 1. The first kappa shape index (κ1) is 30.0. The zero-order valence-electron chi connectivity index (χ0n) is 21.1. The molecule has 12 nitrogen and oxygen atoms in total. The summed E-state index contributed by atoms with van der Waals surface area (Å²) < 4.78 is 30.6. The number of halogens is 2. The van der Waals surface area contributed by atoms with Crippen LogP contribution in [0.15, 0.2) is 38.6 Å². The van der Waals surface area contributed by atoms with Crippen molar-refractivity contribution < 1.29 is 28.3 Å². The normalized spacial score (nSPS) is 23.3. The molecule has 0 amide bonds. The van der Waals surface area contributed by atoms with Crippen LogP contribution in [0, 0.1) is 6.92 Å². The molecule has 4 atom stereocenters. The van der Waals surface area contributed by atoms with E-state index in [0.717, 1.165) is 4.57 Å². The lowest BCUT2D eigenvalue weighted by Crippen LogP contribution is -2.33. The van der Waals surface area contributed by atoms with Crippen LogP contribution >= 0.6 is 35.4 Å². The van der Waals surface area contributed by atoms with Crippen molar-refractivity contribution >= 4 is 46.3 Å². The number of ether oxygens (including phenoxy) is 1. The number of aliphatic hydroxyl groups is 1. The van der Waals surface area contributed by atoms with Crippen LogP contribution in [0.2, 0.25) is 5.02 Å². The average molecular weight is 650 g/mol. The molecule has 1 aliphatic heterocycles. The van der Waals surface area contributed by atoms with Gasteiger partial charge < -0.3 is 25.1 Å². The zero-order chi connectivity index (χ0) is 28.3. The highest BCUT2D eigenvalue weighted by atomic mass is 79.9. The van der Waals surface area contributed by atoms with E-state index in [1.165, 1.54) is 51.4 Å². The van der Waals surface area contributed by atoms with Crippen molar-refractivity contribution in [1.82, 2.24) is 14.5 Å². The van der Waals surface area contributed by atoms with Crippen LogP contribution in [-0.4, -0.2) is 49.4 Å². The van der Waals surface area contributed by atoms with Crippen molar-refractivity contribution in [2.45, 2.75) is 69.9 Å². The molecule has 1 saturated carbocycles. The number of hydrogen-bond acceptors (Lipinski definition) is 8. The van der Waals surface area contributed by atoms with E-state index in [4.69, 9.17) is 31.1 Å². The maximum absolute atomic E-state index is 12.7. The summed E-state index contributed by atoms with van der Waals surface area (Å²) >= 11 is 9.56. The van der Waals surface area contributed by atoms with E-state index in [0.29, 0.717) is 21.4 Å². The molecular formula is C24H31BrClN4O8P. The molecule has 6 N–H and O–H groups in total. The fourth-order valence-corrected chi connectivity index (χ4v) is 6.18. The summed E-state index contributed by atoms with van der Waals surface area (Å²) in [5.41, 5.74) is 5.24. The minimum absolute atomic E-state index is 0.000580. The molecule has 2 aliphatic rings. The highest BCUT2D eigenvalue weighted by Crippen LogP contribution is 2.51. The Bertz CT molecular complexity index is 1470. The number of nitrogens with one attached hydrogen (secondary N) is 2. The number of H-pyrrole nitrogens is 2. The Balaban J connectivity index is 0.000000438. The van der Waals surface area contributed by atoms with Gasteiger partial charge in [0.05, 0.1) is 22.5 Å². The van der Waals surface area contributed by atoms with Crippen LogP contribution in [0.5, 0.6) is 5.75 Å². The Morgan fingerprint density at radius 3 is 2.64 bits per heavy atom. The van der Waals surface area contributed by atoms with Gasteiger partial charge in [-0.2, -0.15) is 0 Å². The van der Waals surface area contributed by atoms with Crippen molar-refractivity contribution in [1.29, 1.82) is 0 Å². The molecule has 1 aliphatic carbocycles. The van der Waals surface area contributed by atoms with Crippen molar-refractivity contribution in [3.05, 3.63) is 60.4 Å². The number of aryl methyl sites for hydroxylation is 1. The number of aromatic amines is 2. The molecule has 2 fully saturated rings. The summed E-state index contributed by atoms with van der Waals surface area (Å²) in [6.45, 7) is 0.978. The number of hydrogen-bond donors (Lipinski definition) is 5. The van der Waals surface area contributed by atoms with Crippen molar-refractivity contribution in [2.75, 3.05) is 6.61 Å². The Morgan fingerprint density at radius 2 is 2.00 bits per heavy atom. The van der Waals surface area contributed by atoms with E-state index in [1.54, 1.807) is 12.1 Å². The minimum Gasteiger partial charge on any atom is -0.402 e. The second-order valence-electron chi connectivity index (χ2n) is 9.56. The predicted molar refractivity (Wildman–Crippen MR) is 149 cm³/mol. The van der Waals surface area contributed by atoms with Crippen LogP contribution in [0.4, 0.5) is 0 Å². The second-order valence-corrected chi connectivity index (χ2v) is 12.1. The molecule has 15 heteroatoms. The van der Waals surface area contributed by atoms with Crippen LogP contribution in [-0.2, 0) is 13.8 Å². The quantitative estimate of drug-likeness (QED) is 0.248. The SMILES string of the molecule is Cc1cn(C2CC(OP(=O)(O)Oc3c[nH]c4ccc(Br)c(Cl)c34)C(CO)O2)c(=O)[nH]c1=O.NC1CCCCC1. The molecule has 4 unspecified atom stereocenters. The van der Waals surface area contributed by atoms with E-state index in [9.17, 15) is 24.2 Å². The third-order valence-electron chi connectivity index (χ3n) is 6.65. The third-order valence-corrected chi connectivity index (χ3v) is 8.90. The Hall–Kier alpha value is -1.96. The second kappa shape index (κ2) is 12.7. The monoisotopic (exact) mass is 648 g/mol. The summed E-state index contributed by atoms with van der Waals surface area (Å²) in [4.78, 5) is 39.1. The summed E-state index contributed by atoms with van der Waals surface area (Å²) in [6, 6.07) is 3.96. The number of nitrogens with zero attached hydrogens (tertiary/aromatic N) is 1. The number of rotatable bonds is 6. The van der Waals surface area contributed by atoms with Gasteiger partial charge in [-0.15, -0.1) is 0 Å². The van der Waals surface area contributed by atoms with Gasteiger partial charge in [0, 0.05) is 34.9 Å². The Kier molecular flexibility index (Phi) is 9.77. The molecule has 1 saturated heterocycles. The van der Waals surface area contributed by atoms with E-state index >= 15 is 0 Å². The van der Waals surface area contributed by atoms with Gasteiger partial charge in [0.2, 0.25) is 0 Å².